The number of rotatable bonds is 7. The monoisotopic (exact) mass is 701 g/mol. The zero-order valence-electron chi connectivity index (χ0n) is 30.0. The molecule has 0 aliphatic carbocycles. The summed E-state index contributed by atoms with van der Waals surface area (Å²) in [6.07, 6.45) is 0. The first-order valence-corrected chi connectivity index (χ1v) is 18.7. The lowest BCUT2D eigenvalue weighted by molar-refractivity contribution is 1.30. The van der Waals surface area contributed by atoms with Gasteiger partial charge in [0.1, 0.15) is 0 Å². The van der Waals surface area contributed by atoms with Gasteiger partial charge in [-0.2, -0.15) is 0 Å². The minimum absolute atomic E-state index is 0.936. The number of anilines is 3. The molecule has 10 aromatic rings. The van der Waals surface area contributed by atoms with Gasteiger partial charge in [-0.1, -0.05) is 164 Å². The minimum atomic E-state index is 0.936. The van der Waals surface area contributed by atoms with Crippen molar-refractivity contribution in [3.05, 3.63) is 212 Å². The fraction of sp³-hybridized carbons (Fsp3) is 0. The van der Waals surface area contributed by atoms with Crippen molar-refractivity contribution in [2.45, 2.75) is 0 Å². The van der Waals surface area contributed by atoms with Crippen LogP contribution in [-0.2, 0) is 0 Å². The molecule has 0 N–H and O–H groups in total. The van der Waals surface area contributed by atoms with Gasteiger partial charge in [0.2, 0.25) is 0 Å². The van der Waals surface area contributed by atoms with Crippen molar-refractivity contribution >= 4 is 49.5 Å². The van der Waals surface area contributed by atoms with Crippen LogP contribution in [0.25, 0.3) is 77.3 Å². The molecule has 8 aromatic carbocycles. The third-order valence-electron chi connectivity index (χ3n) is 10.4. The molecule has 3 nitrogen and oxygen atoms in total. The molecule has 0 amide bonds. The van der Waals surface area contributed by atoms with Gasteiger partial charge in [-0.05, 0) is 70.4 Å². The Balaban J connectivity index is 1.28. The van der Waals surface area contributed by atoms with Gasteiger partial charge in [0, 0.05) is 44.2 Å². The van der Waals surface area contributed by atoms with Crippen molar-refractivity contribution in [3.8, 4) is 44.9 Å². The van der Waals surface area contributed by atoms with Gasteiger partial charge in [0.25, 0.3) is 0 Å². The van der Waals surface area contributed by atoms with E-state index in [9.17, 15) is 0 Å². The molecular formula is C52H35N3. The first-order valence-electron chi connectivity index (χ1n) is 18.7. The lowest BCUT2D eigenvalue weighted by Crippen LogP contribution is -2.11. The van der Waals surface area contributed by atoms with Gasteiger partial charge in [-0.15, -0.1) is 0 Å². The summed E-state index contributed by atoms with van der Waals surface area (Å²) in [5.74, 6) is 0. The number of pyridine rings is 2. The normalized spacial score (nSPS) is 11.3. The summed E-state index contributed by atoms with van der Waals surface area (Å²) in [5.41, 5.74) is 12.4. The predicted molar refractivity (Wildman–Crippen MR) is 231 cm³/mol. The van der Waals surface area contributed by atoms with Crippen LogP contribution in [-0.4, -0.2) is 9.97 Å². The van der Waals surface area contributed by atoms with E-state index in [1.54, 1.807) is 0 Å². The molecular weight excluding hydrogens is 667 g/mol. The molecule has 0 aliphatic heterocycles. The first-order chi connectivity index (χ1) is 27.3. The Labute approximate surface area is 320 Å². The summed E-state index contributed by atoms with van der Waals surface area (Å²) in [6.45, 7) is 0. The summed E-state index contributed by atoms with van der Waals surface area (Å²) >= 11 is 0. The number of benzene rings is 8. The molecule has 0 spiro atoms. The van der Waals surface area contributed by atoms with Crippen molar-refractivity contribution < 1.29 is 0 Å². The number of fused-ring (bicyclic) bond motifs is 5. The molecule has 0 saturated heterocycles. The molecule has 0 saturated carbocycles. The van der Waals surface area contributed by atoms with Crippen LogP contribution < -0.4 is 4.90 Å². The summed E-state index contributed by atoms with van der Waals surface area (Å²) in [7, 11) is 0. The maximum Gasteiger partial charge on any atom is 0.0809 e. The zero-order valence-corrected chi connectivity index (χ0v) is 30.0. The summed E-state index contributed by atoms with van der Waals surface area (Å²) in [5, 5.41) is 5.77. The largest absolute Gasteiger partial charge is 0.310 e. The molecule has 2 aromatic heterocycles. The average Bonchev–Trinajstić information content (AvgIpc) is 3.27. The number of nitrogens with zero attached hydrogens (tertiary/aromatic N) is 3. The zero-order chi connectivity index (χ0) is 36.6. The fourth-order valence-corrected chi connectivity index (χ4v) is 7.82. The second kappa shape index (κ2) is 13.9. The lowest BCUT2D eigenvalue weighted by Gasteiger charge is -2.28. The predicted octanol–water partition coefficient (Wildman–Crippen LogP) is 14.1. The smallest absolute Gasteiger partial charge is 0.0809 e. The summed E-state index contributed by atoms with van der Waals surface area (Å²) in [4.78, 5) is 13.1. The van der Waals surface area contributed by atoms with Crippen LogP contribution in [0.4, 0.5) is 17.1 Å². The van der Waals surface area contributed by atoms with E-state index in [4.69, 9.17) is 9.97 Å². The standard InChI is InChI=1S/C52H35N3/c1-6-18-36(19-7-1)46-33-41(34-47(53-46)37-20-8-2-9-21-37)39-30-31-45-48(32-39)54-52(38-22-10-3-11-23-38)51-49(35-40-24-16-17-29-44(40)50(45)51)55(42-25-12-4-13-26-42)43-27-14-5-15-28-43/h1-35H. The van der Waals surface area contributed by atoms with E-state index in [-0.39, 0.29) is 0 Å². The van der Waals surface area contributed by atoms with Gasteiger partial charge < -0.3 is 4.90 Å². The van der Waals surface area contributed by atoms with E-state index < -0.39 is 0 Å². The lowest BCUT2D eigenvalue weighted by atomic mass is 9.91. The highest BCUT2D eigenvalue weighted by molar-refractivity contribution is 6.27. The Kier molecular flexibility index (Phi) is 8.16. The van der Waals surface area contributed by atoms with Crippen LogP contribution >= 0.6 is 0 Å². The van der Waals surface area contributed by atoms with Crippen molar-refractivity contribution in [3.63, 3.8) is 0 Å². The van der Waals surface area contributed by atoms with Crippen LogP contribution in [0.1, 0.15) is 0 Å². The summed E-state index contributed by atoms with van der Waals surface area (Å²) < 4.78 is 0. The molecule has 0 unspecified atom stereocenters. The third-order valence-corrected chi connectivity index (χ3v) is 10.4. The van der Waals surface area contributed by atoms with E-state index in [1.807, 2.05) is 12.1 Å². The highest BCUT2D eigenvalue weighted by Crippen LogP contribution is 2.47. The van der Waals surface area contributed by atoms with Crippen LogP contribution in [0.2, 0.25) is 0 Å². The van der Waals surface area contributed by atoms with Gasteiger partial charge in [-0.3, -0.25) is 0 Å². The second-order valence-electron chi connectivity index (χ2n) is 13.8. The molecule has 10 rings (SSSR count). The molecule has 3 heteroatoms. The molecule has 0 fully saturated rings. The maximum atomic E-state index is 5.62. The topological polar surface area (TPSA) is 29.0 Å². The Morgan fingerprint density at radius 2 is 0.836 bits per heavy atom. The Bertz CT molecular complexity index is 2850. The van der Waals surface area contributed by atoms with Crippen molar-refractivity contribution in [2.75, 3.05) is 4.90 Å². The number of hydrogen-bond donors (Lipinski definition) is 0. The third kappa shape index (κ3) is 5.98. The van der Waals surface area contributed by atoms with Gasteiger partial charge in [0.15, 0.2) is 0 Å². The van der Waals surface area contributed by atoms with E-state index >= 15 is 0 Å². The van der Waals surface area contributed by atoms with Crippen molar-refractivity contribution in [1.29, 1.82) is 0 Å². The Morgan fingerprint density at radius 1 is 0.327 bits per heavy atom. The van der Waals surface area contributed by atoms with E-state index in [0.29, 0.717) is 0 Å². The number of aromatic nitrogens is 2. The average molecular weight is 702 g/mol. The molecule has 2 heterocycles. The molecule has 0 bridgehead atoms. The fourth-order valence-electron chi connectivity index (χ4n) is 7.82. The van der Waals surface area contributed by atoms with E-state index in [1.165, 1.54) is 16.2 Å². The van der Waals surface area contributed by atoms with E-state index in [0.717, 1.165) is 78.3 Å². The second-order valence-corrected chi connectivity index (χ2v) is 13.8. The summed E-state index contributed by atoms with van der Waals surface area (Å²) in [6, 6.07) is 75.0. The van der Waals surface area contributed by atoms with Gasteiger partial charge >= 0.3 is 0 Å². The molecule has 0 atom stereocenters. The molecule has 258 valence electrons. The number of hydrogen-bond acceptors (Lipinski definition) is 3. The van der Waals surface area contributed by atoms with Crippen LogP contribution in [0.15, 0.2) is 212 Å². The SMILES string of the molecule is c1ccc(-c2cc(-c3ccc4c(c3)nc(-c3ccccc3)c3c(N(c5ccccc5)c5ccccc5)cc5ccccc5c34)cc(-c3ccccc3)n2)cc1. The molecule has 0 radical (unpaired) electrons. The maximum absolute atomic E-state index is 5.62. The van der Waals surface area contributed by atoms with Crippen molar-refractivity contribution in [1.82, 2.24) is 9.97 Å². The van der Waals surface area contributed by atoms with Crippen LogP contribution in [0, 0.1) is 0 Å². The Hall–Kier alpha value is -7.36. The highest BCUT2D eigenvalue weighted by atomic mass is 15.1. The molecule has 0 aliphatic rings. The minimum Gasteiger partial charge on any atom is -0.310 e. The highest BCUT2D eigenvalue weighted by Gasteiger charge is 2.23. The van der Waals surface area contributed by atoms with Crippen LogP contribution in [0.3, 0.4) is 0 Å². The van der Waals surface area contributed by atoms with Gasteiger partial charge in [-0.25, -0.2) is 9.97 Å². The van der Waals surface area contributed by atoms with Crippen molar-refractivity contribution in [2.24, 2.45) is 0 Å². The Morgan fingerprint density at radius 3 is 1.42 bits per heavy atom. The quantitative estimate of drug-likeness (QED) is 0.155. The van der Waals surface area contributed by atoms with E-state index in [2.05, 4.69) is 205 Å². The van der Waals surface area contributed by atoms with Gasteiger partial charge in [0.05, 0.1) is 28.3 Å². The number of para-hydroxylation sites is 2. The molecule has 55 heavy (non-hydrogen) atoms. The van der Waals surface area contributed by atoms with Crippen LogP contribution in [0.5, 0.6) is 0 Å². The first kappa shape index (κ1) is 32.3.